The summed E-state index contributed by atoms with van der Waals surface area (Å²) in [5.41, 5.74) is -9.38. The van der Waals surface area contributed by atoms with Crippen molar-refractivity contribution in [2.45, 2.75) is 108 Å². The van der Waals surface area contributed by atoms with Crippen LogP contribution in [0.3, 0.4) is 0 Å². The zero-order valence-corrected chi connectivity index (χ0v) is 24.6. The van der Waals surface area contributed by atoms with Crippen LogP contribution >= 0.6 is 8.25 Å². The molecule has 0 aromatic rings. The van der Waals surface area contributed by atoms with Gasteiger partial charge in [0.2, 0.25) is 0 Å². The van der Waals surface area contributed by atoms with Crippen LogP contribution in [0.5, 0.6) is 0 Å². The van der Waals surface area contributed by atoms with Gasteiger partial charge >= 0.3 is 97.3 Å². The van der Waals surface area contributed by atoms with Gasteiger partial charge in [0.1, 0.15) is 6.61 Å². The Labute approximate surface area is 274 Å². The Hall–Kier alpha value is -2.15. The van der Waals surface area contributed by atoms with E-state index in [1.54, 1.807) is 0 Å². The van der Waals surface area contributed by atoms with Gasteiger partial charge in [0.05, 0.1) is 0 Å². The topological polar surface area (TPSA) is 49.4 Å². The fourth-order valence-corrected chi connectivity index (χ4v) is 3.76. The molecule has 54 heavy (non-hydrogen) atoms. The number of unbranched alkanes of at least 4 members (excludes halogenated alkanes) is 1. The van der Waals surface area contributed by atoms with Crippen LogP contribution in [0, 0.1) is 0 Å². The van der Waals surface area contributed by atoms with E-state index in [9.17, 15) is 146 Å². The predicted octanol–water partition coefficient (Wildman–Crippen LogP) is 10.6. The van der Waals surface area contributed by atoms with E-state index in [2.05, 4.69) is 4.52 Å². The molecule has 0 saturated heterocycles. The van der Waals surface area contributed by atoms with Gasteiger partial charge in [0, 0.05) is 6.42 Å². The largest absolute Gasteiger partial charge is 0.566 e. The van der Waals surface area contributed by atoms with Crippen LogP contribution in [0.2, 0.25) is 0 Å². The molecule has 0 aromatic heterocycles. The van der Waals surface area contributed by atoms with E-state index in [1.165, 1.54) is 0 Å². The summed E-state index contributed by atoms with van der Waals surface area (Å²) in [6.45, 7) is -1.34. The number of hydrogen-bond acceptors (Lipinski definition) is 3. The molecule has 0 amide bonds. The molecule has 0 saturated carbocycles. The lowest BCUT2D eigenvalue weighted by Gasteiger charge is -2.47. The molecule has 0 bridgehead atoms. The van der Waals surface area contributed by atoms with Crippen LogP contribution in [0.25, 0.3) is 0 Å². The average Bonchev–Trinajstić information content (AvgIpc) is 2.93. The molecule has 0 aliphatic rings. The van der Waals surface area contributed by atoms with Crippen molar-refractivity contribution in [3.8, 4) is 0 Å². The SMILES string of the molecule is O=[P+]([O-])OCCCCC(F)(F)C(F)(F)C(F)(F)C(F)(F)C(F)(F)C(F)(F)C(F)(F)C(F)(F)C(F)(F)C(F)(F)C(F)(F)C(F)(F)C(F)(C(F)(F)F)C(F)(F)F. The summed E-state index contributed by atoms with van der Waals surface area (Å²) in [4.78, 5) is 10.1. The minimum absolute atomic E-state index is 1.31. The molecule has 0 rings (SSSR count). The maximum atomic E-state index is 13.9. The van der Waals surface area contributed by atoms with E-state index in [1.807, 2.05) is 0 Å². The molecule has 324 valence electrons. The predicted molar refractivity (Wildman–Crippen MR) is 103 cm³/mol. The van der Waals surface area contributed by atoms with Gasteiger partial charge in [-0.1, -0.05) is 0 Å². The van der Waals surface area contributed by atoms with Crippen LogP contribution in [0.15, 0.2) is 0 Å². The normalized spacial score (nSPS) is 16.9. The Kier molecular flexibility index (Phi) is 13.2. The summed E-state index contributed by atoms with van der Waals surface area (Å²) in [5.74, 6) is -114. The summed E-state index contributed by atoms with van der Waals surface area (Å²) in [7, 11) is -3.86. The number of rotatable bonds is 18. The summed E-state index contributed by atoms with van der Waals surface area (Å²) in [6.07, 6.45) is -23.9. The first-order valence-corrected chi connectivity index (χ1v) is 13.1. The second-order valence-corrected chi connectivity index (χ2v) is 10.9. The lowest BCUT2D eigenvalue weighted by molar-refractivity contribution is -0.490. The molecule has 0 heterocycles. The van der Waals surface area contributed by atoms with Crippen molar-refractivity contribution in [2.75, 3.05) is 6.61 Å². The maximum absolute atomic E-state index is 13.9. The van der Waals surface area contributed by atoms with E-state index in [4.69, 9.17) is 0 Å². The third-order valence-electron chi connectivity index (χ3n) is 6.70. The third kappa shape index (κ3) is 6.74. The zero-order valence-electron chi connectivity index (χ0n) is 23.7. The molecular formula is C19H8F31O3P. The highest BCUT2D eigenvalue weighted by Gasteiger charge is 3.02. The van der Waals surface area contributed by atoms with E-state index in [-0.39, 0.29) is 0 Å². The minimum Gasteiger partial charge on any atom is -0.566 e. The van der Waals surface area contributed by atoms with Gasteiger partial charge in [0.15, 0.2) is 0 Å². The van der Waals surface area contributed by atoms with Gasteiger partial charge in [-0.05, 0) is 17.4 Å². The number of alkyl halides is 31. The summed E-state index contributed by atoms with van der Waals surface area (Å²) in [5, 5.41) is 0. The van der Waals surface area contributed by atoms with Crippen molar-refractivity contribution in [1.82, 2.24) is 0 Å². The molecule has 3 nitrogen and oxygen atoms in total. The van der Waals surface area contributed by atoms with E-state index in [0.717, 1.165) is 0 Å². The van der Waals surface area contributed by atoms with Crippen molar-refractivity contribution >= 4 is 8.25 Å². The summed E-state index contributed by atoms with van der Waals surface area (Å²) < 4.78 is 434. The number of halogens is 31. The standard InChI is InChI=1S/C19H8F31O3P/c20-5(21,3-1-2-4-53-54(51)52)7(23,24)9(27,28)11(31,32)13(35,36)15(39,40)17(43,44)16(41,42)14(37,38)12(33,34)10(29,30)8(25,26)6(22,18(45,46)47)19(48,49)50/h1-4H2. The second kappa shape index (κ2) is 13.8. The van der Waals surface area contributed by atoms with Crippen LogP contribution in [0.1, 0.15) is 19.3 Å². The average molecular weight is 904 g/mol. The van der Waals surface area contributed by atoms with Gasteiger partial charge in [-0.25, -0.2) is 4.39 Å². The smallest absolute Gasteiger partial charge is 0.488 e. The van der Waals surface area contributed by atoms with Gasteiger partial charge in [-0.15, -0.1) is 4.52 Å². The zero-order chi connectivity index (χ0) is 44.6. The Morgan fingerprint density at radius 1 is 0.352 bits per heavy atom. The first kappa shape index (κ1) is 51.9. The summed E-state index contributed by atoms with van der Waals surface area (Å²) >= 11 is 0. The van der Waals surface area contributed by atoms with E-state index < -0.39 is 123 Å². The second-order valence-electron chi connectivity index (χ2n) is 10.2. The lowest BCUT2D eigenvalue weighted by atomic mass is 9.81. The quantitative estimate of drug-likeness (QED) is 0.0782. The Morgan fingerprint density at radius 2 is 0.574 bits per heavy atom. The van der Waals surface area contributed by atoms with Crippen molar-refractivity contribution in [1.29, 1.82) is 0 Å². The molecule has 0 aliphatic carbocycles. The van der Waals surface area contributed by atoms with Crippen molar-refractivity contribution < 1.29 is 150 Å². The Bertz CT molecular complexity index is 1330. The number of hydrogen-bond donors (Lipinski definition) is 0. The van der Waals surface area contributed by atoms with Crippen LogP contribution in [0.4, 0.5) is 136 Å². The monoisotopic (exact) mass is 904 g/mol. The molecule has 0 fully saturated rings. The maximum Gasteiger partial charge on any atom is 0.488 e. The molecule has 0 spiro atoms. The van der Waals surface area contributed by atoms with Gasteiger partial charge in [-0.3, -0.25) is 0 Å². The molecule has 0 N–H and O–H groups in total. The van der Waals surface area contributed by atoms with E-state index >= 15 is 0 Å². The van der Waals surface area contributed by atoms with E-state index in [0.29, 0.717) is 0 Å². The molecule has 0 aliphatic heterocycles. The fourth-order valence-electron chi connectivity index (χ4n) is 3.48. The lowest BCUT2D eigenvalue weighted by Crippen LogP contribution is -2.80. The van der Waals surface area contributed by atoms with Gasteiger partial charge < -0.3 is 4.89 Å². The Balaban J connectivity index is 7.46. The molecule has 0 radical (unpaired) electrons. The Morgan fingerprint density at radius 3 is 0.796 bits per heavy atom. The highest BCUT2D eigenvalue weighted by atomic mass is 31.1. The fraction of sp³-hybridized carbons (Fsp3) is 1.00. The first-order chi connectivity index (χ1) is 22.9. The molecular weight excluding hydrogens is 896 g/mol. The van der Waals surface area contributed by atoms with Crippen LogP contribution in [-0.2, 0) is 9.09 Å². The van der Waals surface area contributed by atoms with Gasteiger partial charge in [0.25, 0.3) is 0 Å². The highest BCUT2D eigenvalue weighted by Crippen LogP contribution is 2.70. The molecule has 1 atom stereocenters. The first-order valence-electron chi connectivity index (χ1n) is 12.0. The highest BCUT2D eigenvalue weighted by molar-refractivity contribution is 7.30. The minimum atomic E-state index is -10.1. The summed E-state index contributed by atoms with van der Waals surface area (Å²) in [6, 6.07) is 0. The van der Waals surface area contributed by atoms with Gasteiger partial charge in [-0.2, -0.15) is 132 Å². The van der Waals surface area contributed by atoms with Crippen molar-refractivity contribution in [3.05, 3.63) is 0 Å². The third-order valence-corrected chi connectivity index (χ3v) is 7.09. The van der Waals surface area contributed by atoms with Crippen molar-refractivity contribution in [3.63, 3.8) is 0 Å². The molecule has 1 unspecified atom stereocenters. The molecule has 0 aromatic carbocycles. The van der Waals surface area contributed by atoms with Crippen LogP contribution < -0.4 is 4.89 Å². The molecule has 35 heteroatoms. The van der Waals surface area contributed by atoms with Crippen LogP contribution in [-0.4, -0.2) is 95.7 Å². The van der Waals surface area contributed by atoms with Crippen molar-refractivity contribution in [2.24, 2.45) is 0 Å².